The second kappa shape index (κ2) is 4.96. The summed E-state index contributed by atoms with van der Waals surface area (Å²) in [5.74, 6) is 0. The van der Waals surface area contributed by atoms with Gasteiger partial charge in [0.1, 0.15) is 0 Å². The molecule has 1 saturated heterocycles. The maximum absolute atomic E-state index is 6.26. The summed E-state index contributed by atoms with van der Waals surface area (Å²) in [6, 6.07) is 6.29. The van der Waals surface area contributed by atoms with Crippen molar-refractivity contribution in [2.24, 2.45) is 0 Å². The number of hydrogen-bond donors (Lipinski definition) is 1. The van der Waals surface area contributed by atoms with E-state index in [-0.39, 0.29) is 0 Å². The van der Waals surface area contributed by atoms with Gasteiger partial charge in [-0.05, 0) is 31.9 Å². The fourth-order valence-electron chi connectivity index (χ4n) is 2.44. The molecule has 3 heteroatoms. The van der Waals surface area contributed by atoms with Gasteiger partial charge in [0.15, 0.2) is 0 Å². The van der Waals surface area contributed by atoms with Crippen LogP contribution < -0.4 is 10.6 Å². The van der Waals surface area contributed by atoms with Gasteiger partial charge in [-0.25, -0.2) is 0 Å². The topological polar surface area (TPSA) is 29.3 Å². The second-order valence-electron chi connectivity index (χ2n) is 4.57. The van der Waals surface area contributed by atoms with Crippen molar-refractivity contribution < 1.29 is 0 Å². The van der Waals surface area contributed by atoms with E-state index < -0.39 is 0 Å². The van der Waals surface area contributed by atoms with E-state index in [0.717, 1.165) is 22.9 Å². The van der Waals surface area contributed by atoms with Crippen LogP contribution in [-0.4, -0.2) is 12.6 Å². The number of nitrogens with zero attached hydrogens (tertiary/aromatic N) is 1. The molecule has 1 unspecified atom stereocenters. The zero-order valence-corrected chi connectivity index (χ0v) is 10.5. The molecule has 0 bridgehead atoms. The van der Waals surface area contributed by atoms with Crippen LogP contribution in [0.3, 0.4) is 0 Å². The van der Waals surface area contributed by atoms with Crippen molar-refractivity contribution in [3.8, 4) is 0 Å². The minimum atomic E-state index is 0.532. The molecular formula is C13H19ClN2. The van der Waals surface area contributed by atoms with Gasteiger partial charge in [0.05, 0.1) is 16.4 Å². The first kappa shape index (κ1) is 11.6. The van der Waals surface area contributed by atoms with E-state index in [1.54, 1.807) is 0 Å². The molecule has 0 spiro atoms. The molecule has 0 amide bonds. The minimum absolute atomic E-state index is 0.532. The van der Waals surface area contributed by atoms with Gasteiger partial charge in [0, 0.05) is 12.6 Å². The minimum Gasteiger partial charge on any atom is -0.397 e. The third kappa shape index (κ3) is 2.27. The van der Waals surface area contributed by atoms with Crippen molar-refractivity contribution in [3.63, 3.8) is 0 Å². The summed E-state index contributed by atoms with van der Waals surface area (Å²) in [5, 5.41) is 0.772. The molecule has 0 aromatic heterocycles. The molecule has 2 N–H and O–H groups in total. The molecule has 1 aromatic carbocycles. The third-order valence-corrected chi connectivity index (χ3v) is 3.66. The lowest BCUT2D eigenvalue weighted by Crippen LogP contribution is -2.33. The molecule has 0 radical (unpaired) electrons. The Labute approximate surface area is 102 Å². The van der Waals surface area contributed by atoms with E-state index in [4.69, 9.17) is 17.3 Å². The van der Waals surface area contributed by atoms with Gasteiger partial charge < -0.3 is 10.6 Å². The smallest absolute Gasteiger partial charge is 0.0791 e. The molecule has 0 aliphatic carbocycles. The number of anilines is 2. The van der Waals surface area contributed by atoms with Crippen LogP contribution in [0, 0.1) is 0 Å². The lowest BCUT2D eigenvalue weighted by molar-refractivity contribution is 0.617. The van der Waals surface area contributed by atoms with Gasteiger partial charge in [-0.1, -0.05) is 30.5 Å². The van der Waals surface area contributed by atoms with E-state index in [0.29, 0.717) is 6.04 Å². The normalized spacial score (nSPS) is 21.9. The van der Waals surface area contributed by atoms with Crippen molar-refractivity contribution in [1.29, 1.82) is 0 Å². The van der Waals surface area contributed by atoms with Crippen LogP contribution in [0.5, 0.6) is 0 Å². The van der Waals surface area contributed by atoms with Gasteiger partial charge in [0.25, 0.3) is 0 Å². The van der Waals surface area contributed by atoms with E-state index in [9.17, 15) is 0 Å². The summed E-state index contributed by atoms with van der Waals surface area (Å²) in [5.41, 5.74) is 7.86. The molecular weight excluding hydrogens is 220 g/mol. The molecule has 1 heterocycles. The number of para-hydroxylation sites is 1. The third-order valence-electron chi connectivity index (χ3n) is 3.36. The van der Waals surface area contributed by atoms with Crippen LogP contribution in [0.2, 0.25) is 5.02 Å². The molecule has 1 atom stereocenters. The Morgan fingerprint density at radius 3 is 2.88 bits per heavy atom. The average Bonchev–Trinajstić information content (AvgIpc) is 2.44. The summed E-state index contributed by atoms with van der Waals surface area (Å²) in [4.78, 5) is 2.37. The van der Waals surface area contributed by atoms with Gasteiger partial charge >= 0.3 is 0 Å². The first-order chi connectivity index (χ1) is 7.70. The summed E-state index contributed by atoms with van der Waals surface area (Å²) in [7, 11) is 0. The molecule has 2 rings (SSSR count). The van der Waals surface area contributed by atoms with E-state index in [1.807, 2.05) is 18.2 Å². The molecule has 16 heavy (non-hydrogen) atoms. The monoisotopic (exact) mass is 238 g/mol. The first-order valence-electron chi connectivity index (χ1n) is 6.01. The fourth-order valence-corrected chi connectivity index (χ4v) is 2.73. The van der Waals surface area contributed by atoms with Crippen molar-refractivity contribution in [2.75, 3.05) is 17.2 Å². The zero-order valence-electron chi connectivity index (χ0n) is 9.75. The van der Waals surface area contributed by atoms with E-state index in [2.05, 4.69) is 11.8 Å². The number of benzene rings is 1. The van der Waals surface area contributed by atoms with Crippen molar-refractivity contribution in [1.82, 2.24) is 0 Å². The van der Waals surface area contributed by atoms with E-state index >= 15 is 0 Å². The Kier molecular flexibility index (Phi) is 3.59. The van der Waals surface area contributed by atoms with Gasteiger partial charge in [-0.3, -0.25) is 0 Å². The fraction of sp³-hybridized carbons (Fsp3) is 0.538. The lowest BCUT2D eigenvalue weighted by atomic mass is 10.1. The maximum Gasteiger partial charge on any atom is 0.0791 e. The maximum atomic E-state index is 6.26. The summed E-state index contributed by atoms with van der Waals surface area (Å²) >= 11 is 6.26. The quantitative estimate of drug-likeness (QED) is 0.756. The molecule has 0 saturated carbocycles. The number of halogens is 1. The van der Waals surface area contributed by atoms with Crippen molar-refractivity contribution in [2.45, 2.75) is 38.6 Å². The number of hydrogen-bond acceptors (Lipinski definition) is 2. The number of nitrogens with two attached hydrogens (primary N) is 1. The Balaban J connectivity index is 2.33. The first-order valence-corrected chi connectivity index (χ1v) is 6.38. The number of nitrogen functional groups attached to an aromatic ring is 1. The SMILES string of the molecule is CC1CCCCCN1c1c(N)cccc1Cl. The molecule has 88 valence electrons. The largest absolute Gasteiger partial charge is 0.397 e. The summed E-state index contributed by atoms with van der Waals surface area (Å²) in [6.07, 6.45) is 5.08. The van der Waals surface area contributed by atoms with Crippen LogP contribution in [0.15, 0.2) is 18.2 Å². The van der Waals surface area contributed by atoms with Crippen LogP contribution >= 0.6 is 11.6 Å². The zero-order chi connectivity index (χ0) is 11.5. The summed E-state index contributed by atoms with van der Waals surface area (Å²) < 4.78 is 0. The van der Waals surface area contributed by atoms with Crippen LogP contribution in [0.1, 0.15) is 32.6 Å². The molecule has 1 aromatic rings. The average molecular weight is 239 g/mol. The second-order valence-corrected chi connectivity index (χ2v) is 4.98. The highest BCUT2D eigenvalue weighted by molar-refractivity contribution is 6.34. The van der Waals surface area contributed by atoms with Crippen LogP contribution in [0.4, 0.5) is 11.4 Å². The Morgan fingerprint density at radius 2 is 2.12 bits per heavy atom. The van der Waals surface area contributed by atoms with Crippen LogP contribution in [-0.2, 0) is 0 Å². The van der Waals surface area contributed by atoms with Crippen molar-refractivity contribution >= 4 is 23.0 Å². The molecule has 1 fully saturated rings. The number of rotatable bonds is 1. The Bertz CT molecular complexity index is 345. The standard InChI is InChI=1S/C13H19ClN2/c1-10-6-3-2-4-9-16(10)13-11(14)7-5-8-12(13)15/h5,7-8,10H,2-4,6,9,15H2,1H3. The Hall–Kier alpha value is -0.890. The molecule has 1 aliphatic rings. The van der Waals surface area contributed by atoms with Gasteiger partial charge in [0.2, 0.25) is 0 Å². The van der Waals surface area contributed by atoms with Crippen molar-refractivity contribution in [3.05, 3.63) is 23.2 Å². The summed E-state index contributed by atoms with van der Waals surface area (Å²) in [6.45, 7) is 3.32. The highest BCUT2D eigenvalue weighted by Gasteiger charge is 2.20. The predicted molar refractivity (Wildman–Crippen MR) is 71.1 cm³/mol. The van der Waals surface area contributed by atoms with Gasteiger partial charge in [-0.2, -0.15) is 0 Å². The van der Waals surface area contributed by atoms with E-state index in [1.165, 1.54) is 25.7 Å². The molecule has 2 nitrogen and oxygen atoms in total. The predicted octanol–water partition coefficient (Wildman–Crippen LogP) is 3.69. The van der Waals surface area contributed by atoms with Crippen LogP contribution in [0.25, 0.3) is 0 Å². The highest BCUT2D eigenvalue weighted by atomic mass is 35.5. The highest BCUT2D eigenvalue weighted by Crippen LogP contribution is 2.35. The Morgan fingerprint density at radius 1 is 1.31 bits per heavy atom. The molecule has 1 aliphatic heterocycles. The lowest BCUT2D eigenvalue weighted by Gasteiger charge is -2.31. The van der Waals surface area contributed by atoms with Gasteiger partial charge in [-0.15, -0.1) is 0 Å².